The number of hydrogen-bond donors (Lipinski definition) is 1. The summed E-state index contributed by atoms with van der Waals surface area (Å²) in [6, 6.07) is 7.68. The van der Waals surface area contributed by atoms with Crippen molar-refractivity contribution in [1.82, 2.24) is 4.90 Å². The van der Waals surface area contributed by atoms with Crippen LogP contribution in [0.3, 0.4) is 0 Å². The van der Waals surface area contributed by atoms with E-state index in [4.69, 9.17) is 4.42 Å². The molecule has 1 aliphatic heterocycles. The van der Waals surface area contributed by atoms with Crippen molar-refractivity contribution >= 4 is 16.9 Å². The number of nitrogens with zero attached hydrogens (tertiary/aromatic N) is 1. The summed E-state index contributed by atoms with van der Waals surface area (Å²) in [5.41, 5.74) is 1.89. The molecule has 0 bridgehead atoms. The van der Waals surface area contributed by atoms with Crippen LogP contribution < -0.4 is 0 Å². The van der Waals surface area contributed by atoms with E-state index in [1.54, 1.807) is 11.0 Å². The molecule has 1 aliphatic rings. The van der Waals surface area contributed by atoms with E-state index in [9.17, 15) is 9.90 Å². The predicted molar refractivity (Wildman–Crippen MR) is 76.6 cm³/mol. The van der Waals surface area contributed by atoms with E-state index in [1.807, 2.05) is 32.0 Å². The van der Waals surface area contributed by atoms with Gasteiger partial charge in [-0.15, -0.1) is 0 Å². The molecule has 1 amide bonds. The highest BCUT2D eigenvalue weighted by atomic mass is 16.3. The van der Waals surface area contributed by atoms with Gasteiger partial charge < -0.3 is 14.4 Å². The Labute approximate surface area is 118 Å². The van der Waals surface area contributed by atoms with E-state index in [0.717, 1.165) is 16.5 Å². The zero-order chi connectivity index (χ0) is 14.3. The number of carbonyl (C=O) groups excluding carboxylic acids is 1. The third kappa shape index (κ3) is 2.31. The number of fused-ring (bicyclic) bond motifs is 1. The molecule has 20 heavy (non-hydrogen) atoms. The van der Waals surface area contributed by atoms with E-state index in [-0.39, 0.29) is 17.9 Å². The first-order chi connectivity index (χ1) is 9.54. The molecule has 0 saturated carbocycles. The molecular weight excluding hydrogens is 254 g/mol. The molecule has 3 rings (SSSR count). The van der Waals surface area contributed by atoms with Gasteiger partial charge in [-0.2, -0.15) is 0 Å². The van der Waals surface area contributed by atoms with E-state index < -0.39 is 0 Å². The van der Waals surface area contributed by atoms with Gasteiger partial charge in [0.25, 0.3) is 5.91 Å². The van der Waals surface area contributed by atoms with Gasteiger partial charge >= 0.3 is 0 Å². The number of likely N-dealkylation sites (tertiary alicyclic amines) is 1. The lowest BCUT2D eigenvalue weighted by Gasteiger charge is -2.33. The molecule has 1 N–H and O–H groups in total. The lowest BCUT2D eigenvalue weighted by molar-refractivity contribution is 0.0281. The normalized spacial score (nSPS) is 23.2. The fraction of sp³-hybridized carbons (Fsp3) is 0.438. The van der Waals surface area contributed by atoms with Gasteiger partial charge in [0.15, 0.2) is 5.76 Å². The molecule has 1 fully saturated rings. The van der Waals surface area contributed by atoms with Crippen molar-refractivity contribution in [3.8, 4) is 0 Å². The van der Waals surface area contributed by atoms with E-state index in [1.165, 1.54) is 0 Å². The number of aliphatic hydroxyl groups excluding tert-OH is 1. The van der Waals surface area contributed by atoms with Crippen LogP contribution in [0.2, 0.25) is 0 Å². The van der Waals surface area contributed by atoms with Crippen LogP contribution in [0.1, 0.15) is 29.5 Å². The quantitative estimate of drug-likeness (QED) is 0.869. The Kier molecular flexibility index (Phi) is 3.26. The van der Waals surface area contributed by atoms with Gasteiger partial charge in [0.05, 0.1) is 6.10 Å². The van der Waals surface area contributed by atoms with Crippen molar-refractivity contribution in [3.63, 3.8) is 0 Å². The van der Waals surface area contributed by atoms with Gasteiger partial charge in [-0.05, 0) is 37.5 Å². The van der Waals surface area contributed by atoms with Gasteiger partial charge in [0.2, 0.25) is 0 Å². The highest BCUT2D eigenvalue weighted by Crippen LogP contribution is 2.24. The van der Waals surface area contributed by atoms with Gasteiger partial charge in [-0.1, -0.05) is 18.6 Å². The maximum absolute atomic E-state index is 12.5. The van der Waals surface area contributed by atoms with E-state index >= 15 is 0 Å². The number of benzene rings is 1. The fourth-order valence-electron chi connectivity index (χ4n) is 2.74. The lowest BCUT2D eigenvalue weighted by Crippen LogP contribution is -2.44. The summed E-state index contributed by atoms with van der Waals surface area (Å²) in [6.45, 7) is 5.14. The summed E-state index contributed by atoms with van der Waals surface area (Å²) >= 11 is 0. The van der Waals surface area contributed by atoms with Crippen molar-refractivity contribution in [2.75, 3.05) is 13.1 Å². The third-order valence-electron chi connectivity index (χ3n) is 4.03. The Balaban J connectivity index is 1.85. The smallest absolute Gasteiger partial charge is 0.289 e. The number of rotatable bonds is 1. The van der Waals surface area contributed by atoms with Crippen molar-refractivity contribution in [1.29, 1.82) is 0 Å². The Morgan fingerprint density at radius 2 is 2.20 bits per heavy atom. The summed E-state index contributed by atoms with van der Waals surface area (Å²) in [4.78, 5) is 14.2. The first-order valence-corrected chi connectivity index (χ1v) is 7.02. The molecule has 1 saturated heterocycles. The lowest BCUT2D eigenvalue weighted by atomic mass is 9.96. The number of carbonyl (C=O) groups is 1. The Hall–Kier alpha value is -1.81. The molecule has 0 spiro atoms. The second-order valence-corrected chi connectivity index (χ2v) is 5.74. The van der Waals surface area contributed by atoms with Crippen LogP contribution in [0, 0.1) is 12.8 Å². The number of furan rings is 1. The molecular formula is C16H19NO3. The number of amides is 1. The predicted octanol–water partition coefficient (Wildman–Crippen LogP) is 2.58. The number of piperidine rings is 1. The topological polar surface area (TPSA) is 53.7 Å². The van der Waals surface area contributed by atoms with E-state index in [0.29, 0.717) is 25.3 Å². The summed E-state index contributed by atoms with van der Waals surface area (Å²) in [5, 5.41) is 10.7. The summed E-state index contributed by atoms with van der Waals surface area (Å²) < 4.78 is 5.65. The first kappa shape index (κ1) is 13.2. The monoisotopic (exact) mass is 273 g/mol. The SMILES string of the molecule is Cc1ccc2oc(C(=O)N3CCC(O)C(C)C3)cc2c1. The number of hydrogen-bond acceptors (Lipinski definition) is 3. The van der Waals surface area contributed by atoms with Crippen molar-refractivity contribution in [2.24, 2.45) is 5.92 Å². The number of aryl methyl sites for hydroxylation is 1. The molecule has 2 unspecified atom stereocenters. The average molecular weight is 273 g/mol. The van der Waals surface area contributed by atoms with Crippen molar-refractivity contribution in [2.45, 2.75) is 26.4 Å². The molecule has 2 aromatic rings. The maximum atomic E-state index is 12.5. The van der Waals surface area contributed by atoms with Gasteiger partial charge in [0, 0.05) is 18.5 Å². The second kappa shape index (κ2) is 4.94. The zero-order valence-electron chi connectivity index (χ0n) is 11.8. The summed E-state index contributed by atoms with van der Waals surface area (Å²) in [5.74, 6) is 0.408. The van der Waals surface area contributed by atoms with Gasteiger partial charge in [-0.3, -0.25) is 4.79 Å². The Morgan fingerprint density at radius 1 is 1.40 bits per heavy atom. The Bertz CT molecular complexity index is 646. The molecule has 1 aromatic heterocycles. The standard InChI is InChI=1S/C16H19NO3/c1-10-3-4-14-12(7-10)8-15(20-14)16(19)17-6-5-13(18)11(2)9-17/h3-4,7-8,11,13,18H,5-6,9H2,1-2H3. The molecule has 0 radical (unpaired) electrons. The first-order valence-electron chi connectivity index (χ1n) is 7.02. The van der Waals surface area contributed by atoms with E-state index in [2.05, 4.69) is 0 Å². The van der Waals surface area contributed by atoms with Crippen LogP contribution in [0.15, 0.2) is 28.7 Å². The van der Waals surface area contributed by atoms with Crippen LogP contribution in [-0.4, -0.2) is 35.1 Å². The van der Waals surface area contributed by atoms with Crippen LogP contribution >= 0.6 is 0 Å². The third-order valence-corrected chi connectivity index (χ3v) is 4.03. The minimum atomic E-state index is -0.308. The summed E-state index contributed by atoms with van der Waals surface area (Å²) in [6.07, 6.45) is 0.323. The zero-order valence-corrected chi connectivity index (χ0v) is 11.8. The highest BCUT2D eigenvalue weighted by Gasteiger charge is 2.29. The average Bonchev–Trinajstić information content (AvgIpc) is 2.84. The molecule has 2 heterocycles. The van der Waals surface area contributed by atoms with Crippen LogP contribution in [0.25, 0.3) is 11.0 Å². The van der Waals surface area contributed by atoms with Crippen LogP contribution in [-0.2, 0) is 0 Å². The van der Waals surface area contributed by atoms with Crippen LogP contribution in [0.5, 0.6) is 0 Å². The Morgan fingerprint density at radius 3 is 2.95 bits per heavy atom. The molecule has 0 aliphatic carbocycles. The largest absolute Gasteiger partial charge is 0.451 e. The molecule has 106 valence electrons. The van der Waals surface area contributed by atoms with Crippen molar-refractivity contribution in [3.05, 3.63) is 35.6 Å². The van der Waals surface area contributed by atoms with Gasteiger partial charge in [0.1, 0.15) is 5.58 Å². The maximum Gasteiger partial charge on any atom is 0.289 e. The van der Waals surface area contributed by atoms with Crippen molar-refractivity contribution < 1.29 is 14.3 Å². The molecule has 2 atom stereocenters. The number of aliphatic hydroxyl groups is 1. The highest BCUT2D eigenvalue weighted by molar-refractivity contribution is 5.96. The summed E-state index contributed by atoms with van der Waals surface area (Å²) in [7, 11) is 0. The van der Waals surface area contributed by atoms with Gasteiger partial charge in [-0.25, -0.2) is 0 Å². The molecule has 4 nitrogen and oxygen atoms in total. The molecule has 1 aromatic carbocycles. The molecule has 4 heteroatoms. The van der Waals surface area contributed by atoms with Crippen LogP contribution in [0.4, 0.5) is 0 Å². The minimum absolute atomic E-state index is 0.0856. The fourth-order valence-corrected chi connectivity index (χ4v) is 2.74. The minimum Gasteiger partial charge on any atom is -0.451 e. The second-order valence-electron chi connectivity index (χ2n) is 5.74.